The zero-order valence-electron chi connectivity index (χ0n) is 11.5. The molecule has 1 atom stereocenters. The Morgan fingerprint density at radius 3 is 2.71 bits per heavy atom. The molecule has 0 aromatic heterocycles. The second kappa shape index (κ2) is 4.21. The maximum Gasteiger partial charge on any atom is 0.123 e. The smallest absolute Gasteiger partial charge is 0.123 e. The molecule has 0 N–H and O–H groups in total. The summed E-state index contributed by atoms with van der Waals surface area (Å²) < 4.78 is 5.97. The van der Waals surface area contributed by atoms with Crippen LogP contribution in [0.3, 0.4) is 0 Å². The van der Waals surface area contributed by atoms with Gasteiger partial charge in [-0.2, -0.15) is 0 Å². The Morgan fingerprint density at radius 2 is 2.06 bits per heavy atom. The van der Waals surface area contributed by atoms with Gasteiger partial charge in [-0.1, -0.05) is 30.7 Å². The first-order valence-corrected chi connectivity index (χ1v) is 6.35. The highest BCUT2D eigenvalue weighted by molar-refractivity contribution is 5.45. The highest BCUT2D eigenvalue weighted by atomic mass is 16.5. The minimum Gasteiger partial charge on any atom is -0.487 e. The Bertz CT molecular complexity index is 451. The molecule has 0 fully saturated rings. The predicted octanol–water partition coefficient (Wildman–Crippen LogP) is 4.47. The van der Waals surface area contributed by atoms with Gasteiger partial charge in [0.25, 0.3) is 0 Å². The highest BCUT2D eigenvalue weighted by Crippen LogP contribution is 2.44. The summed E-state index contributed by atoms with van der Waals surface area (Å²) in [4.78, 5) is 0. The monoisotopic (exact) mass is 230 g/mol. The molecule has 1 nitrogen and oxygen atoms in total. The summed E-state index contributed by atoms with van der Waals surface area (Å²) in [5, 5.41) is 0. The van der Waals surface area contributed by atoms with Gasteiger partial charge < -0.3 is 4.74 Å². The zero-order valence-corrected chi connectivity index (χ0v) is 11.5. The third kappa shape index (κ3) is 2.38. The van der Waals surface area contributed by atoms with Crippen LogP contribution in [-0.4, -0.2) is 5.60 Å². The third-order valence-electron chi connectivity index (χ3n) is 3.70. The quantitative estimate of drug-likeness (QED) is 0.681. The van der Waals surface area contributed by atoms with Crippen LogP contribution in [0, 0.1) is 0 Å². The molecule has 0 bridgehead atoms. The molecule has 0 radical (unpaired) electrons. The van der Waals surface area contributed by atoms with E-state index in [1.165, 1.54) is 16.7 Å². The Kier molecular flexibility index (Phi) is 3.03. The topological polar surface area (TPSA) is 9.23 Å². The molecule has 0 saturated heterocycles. The van der Waals surface area contributed by atoms with Crippen molar-refractivity contribution >= 4 is 0 Å². The zero-order chi connectivity index (χ0) is 12.6. The Labute approximate surface area is 104 Å². The largest absolute Gasteiger partial charge is 0.487 e. The van der Waals surface area contributed by atoms with Crippen molar-refractivity contribution in [3.05, 3.63) is 41.0 Å². The third-order valence-corrected chi connectivity index (χ3v) is 3.70. The van der Waals surface area contributed by atoms with Gasteiger partial charge in [-0.3, -0.25) is 0 Å². The van der Waals surface area contributed by atoms with Crippen LogP contribution in [-0.2, 0) is 6.42 Å². The van der Waals surface area contributed by atoms with Crippen molar-refractivity contribution in [3.63, 3.8) is 0 Å². The van der Waals surface area contributed by atoms with E-state index in [1.807, 2.05) is 0 Å². The van der Waals surface area contributed by atoms with Gasteiger partial charge in [-0.05, 0) is 45.7 Å². The summed E-state index contributed by atoms with van der Waals surface area (Å²) in [7, 11) is 0. The van der Waals surface area contributed by atoms with Crippen molar-refractivity contribution in [3.8, 4) is 5.75 Å². The lowest BCUT2D eigenvalue weighted by Gasteiger charge is -2.22. The summed E-state index contributed by atoms with van der Waals surface area (Å²) in [6.45, 7) is 10.8. The number of allylic oxidation sites excluding steroid dienone is 2. The first-order chi connectivity index (χ1) is 7.90. The van der Waals surface area contributed by atoms with E-state index >= 15 is 0 Å². The van der Waals surface area contributed by atoms with Gasteiger partial charge in [-0.15, -0.1) is 0 Å². The molecule has 2 rings (SSSR count). The molecule has 0 saturated carbocycles. The van der Waals surface area contributed by atoms with E-state index in [-0.39, 0.29) is 5.60 Å². The van der Waals surface area contributed by atoms with E-state index in [2.05, 4.69) is 58.9 Å². The average molecular weight is 230 g/mol. The summed E-state index contributed by atoms with van der Waals surface area (Å²) in [5.41, 5.74) is 4.03. The van der Waals surface area contributed by atoms with Crippen molar-refractivity contribution in [1.82, 2.24) is 0 Å². The minimum absolute atomic E-state index is 0.0720. The lowest BCUT2D eigenvalue weighted by molar-refractivity contribution is 0.116. The van der Waals surface area contributed by atoms with E-state index in [1.54, 1.807) is 0 Å². The molecule has 0 aliphatic carbocycles. The number of fused-ring (bicyclic) bond motifs is 1. The number of benzene rings is 1. The van der Waals surface area contributed by atoms with Gasteiger partial charge in [0.1, 0.15) is 11.4 Å². The first-order valence-electron chi connectivity index (χ1n) is 6.35. The molecule has 1 aliphatic rings. The van der Waals surface area contributed by atoms with E-state index in [9.17, 15) is 0 Å². The molecule has 0 amide bonds. The first kappa shape index (κ1) is 12.2. The van der Waals surface area contributed by atoms with Crippen LogP contribution in [0.2, 0.25) is 0 Å². The summed E-state index contributed by atoms with van der Waals surface area (Å²) in [6.07, 6.45) is 3.29. The maximum absolute atomic E-state index is 5.97. The Morgan fingerprint density at radius 1 is 1.35 bits per heavy atom. The van der Waals surface area contributed by atoms with Crippen molar-refractivity contribution in [2.45, 2.75) is 52.6 Å². The van der Waals surface area contributed by atoms with Crippen LogP contribution in [0.15, 0.2) is 29.8 Å². The fourth-order valence-corrected chi connectivity index (χ4v) is 2.22. The van der Waals surface area contributed by atoms with Crippen LogP contribution in [0.4, 0.5) is 0 Å². The number of rotatable bonds is 2. The second-order valence-electron chi connectivity index (χ2n) is 5.78. The van der Waals surface area contributed by atoms with Crippen LogP contribution < -0.4 is 4.74 Å². The predicted molar refractivity (Wildman–Crippen MR) is 72.7 cm³/mol. The number of hydrogen-bond acceptors (Lipinski definition) is 1. The van der Waals surface area contributed by atoms with Gasteiger partial charge in [0.05, 0.1) is 0 Å². The van der Waals surface area contributed by atoms with Gasteiger partial charge in [0.15, 0.2) is 0 Å². The van der Waals surface area contributed by atoms with Crippen molar-refractivity contribution in [1.29, 1.82) is 0 Å². The van der Waals surface area contributed by atoms with Crippen molar-refractivity contribution in [2.24, 2.45) is 0 Å². The van der Waals surface area contributed by atoms with Gasteiger partial charge in [-0.25, -0.2) is 0 Å². The van der Waals surface area contributed by atoms with Gasteiger partial charge >= 0.3 is 0 Å². The van der Waals surface area contributed by atoms with E-state index in [0.717, 1.165) is 12.2 Å². The summed E-state index contributed by atoms with van der Waals surface area (Å²) in [5.74, 6) is 1.52. The van der Waals surface area contributed by atoms with E-state index < -0.39 is 0 Å². The van der Waals surface area contributed by atoms with Gasteiger partial charge in [0, 0.05) is 11.5 Å². The van der Waals surface area contributed by atoms with Crippen molar-refractivity contribution in [2.75, 3.05) is 0 Å². The molecule has 1 aliphatic heterocycles. The number of ether oxygens (including phenoxy) is 1. The fourth-order valence-electron chi connectivity index (χ4n) is 2.22. The van der Waals surface area contributed by atoms with Crippen LogP contribution in [0.1, 0.15) is 51.7 Å². The standard InChI is InChI=1S/C16H22O/c1-11(2)6-7-13-8-9-15-14(10-13)12(3)16(4,5)17-15/h6,8-10,12H,7H2,1-5H3. The molecule has 1 aromatic carbocycles. The average Bonchev–Trinajstić information content (AvgIpc) is 2.47. The second-order valence-corrected chi connectivity index (χ2v) is 5.78. The fraction of sp³-hybridized carbons (Fsp3) is 0.500. The van der Waals surface area contributed by atoms with Crippen LogP contribution >= 0.6 is 0 Å². The van der Waals surface area contributed by atoms with Gasteiger partial charge in [0.2, 0.25) is 0 Å². The van der Waals surface area contributed by atoms with E-state index in [0.29, 0.717) is 5.92 Å². The normalized spacial score (nSPS) is 20.6. The highest BCUT2D eigenvalue weighted by Gasteiger charge is 2.37. The molecule has 92 valence electrons. The Hall–Kier alpha value is -1.24. The molecule has 1 unspecified atom stereocenters. The molecule has 1 heterocycles. The lowest BCUT2D eigenvalue weighted by atomic mass is 9.88. The molecule has 1 heteroatoms. The van der Waals surface area contributed by atoms with Crippen molar-refractivity contribution < 1.29 is 4.74 Å². The lowest BCUT2D eigenvalue weighted by Crippen LogP contribution is -2.28. The SMILES string of the molecule is CC(C)=CCc1ccc2c(c1)C(C)C(C)(C)O2. The maximum atomic E-state index is 5.97. The van der Waals surface area contributed by atoms with E-state index in [4.69, 9.17) is 4.74 Å². The van der Waals surface area contributed by atoms with Crippen LogP contribution in [0.25, 0.3) is 0 Å². The molecular weight excluding hydrogens is 208 g/mol. The number of hydrogen-bond donors (Lipinski definition) is 0. The van der Waals surface area contributed by atoms with Crippen LogP contribution in [0.5, 0.6) is 5.75 Å². The Balaban J connectivity index is 2.28. The molecular formula is C16H22O. The molecule has 17 heavy (non-hydrogen) atoms. The molecule has 1 aromatic rings. The molecule has 0 spiro atoms. The summed E-state index contributed by atoms with van der Waals surface area (Å²) in [6, 6.07) is 6.59. The minimum atomic E-state index is -0.0720. The summed E-state index contributed by atoms with van der Waals surface area (Å²) >= 11 is 0.